The maximum atomic E-state index is 12.1. The highest BCUT2D eigenvalue weighted by Gasteiger charge is 2.27. The van der Waals surface area contributed by atoms with Gasteiger partial charge in [0.15, 0.2) is 23.3 Å². The number of hydrogen-bond donors (Lipinski definition) is 1. The second-order valence-electron chi connectivity index (χ2n) is 5.67. The van der Waals surface area contributed by atoms with E-state index in [1.165, 1.54) is 18.9 Å². The minimum atomic E-state index is -0.562. The number of carbonyl (C=O) groups is 2. The Bertz CT molecular complexity index is 754. The lowest BCUT2D eigenvalue weighted by molar-refractivity contribution is -0.120. The number of primary amides is 1. The summed E-state index contributed by atoms with van der Waals surface area (Å²) in [4.78, 5) is 29.8. The van der Waals surface area contributed by atoms with Crippen molar-refractivity contribution in [2.24, 2.45) is 10.7 Å². The molecule has 2 aliphatic heterocycles. The number of thioether (sulfide) groups is 1. The molecule has 3 rings (SSSR count). The summed E-state index contributed by atoms with van der Waals surface area (Å²) in [6.45, 7) is 1.68. The SMILES string of the molecule is COc1cc(/C=C2\SC(N3CCCC3)=NC2=O)ccc1OCC(N)=O. The zero-order chi connectivity index (χ0) is 17.8. The van der Waals surface area contributed by atoms with Gasteiger partial charge in [0.25, 0.3) is 11.8 Å². The molecule has 0 spiro atoms. The molecule has 1 aromatic rings. The van der Waals surface area contributed by atoms with E-state index in [0.29, 0.717) is 16.4 Å². The Morgan fingerprint density at radius 2 is 2.12 bits per heavy atom. The molecule has 2 heterocycles. The first-order valence-electron chi connectivity index (χ1n) is 7.93. The van der Waals surface area contributed by atoms with Crippen molar-refractivity contribution in [2.75, 3.05) is 26.8 Å². The van der Waals surface area contributed by atoms with E-state index in [4.69, 9.17) is 15.2 Å². The maximum Gasteiger partial charge on any atom is 0.286 e. The highest BCUT2D eigenvalue weighted by atomic mass is 32.2. The second kappa shape index (κ2) is 7.60. The van der Waals surface area contributed by atoms with E-state index in [2.05, 4.69) is 9.89 Å². The van der Waals surface area contributed by atoms with Gasteiger partial charge >= 0.3 is 0 Å². The van der Waals surface area contributed by atoms with Crippen LogP contribution in [0.2, 0.25) is 0 Å². The van der Waals surface area contributed by atoms with Crippen LogP contribution in [0.15, 0.2) is 28.1 Å². The molecule has 2 amide bonds. The van der Waals surface area contributed by atoms with E-state index in [1.54, 1.807) is 24.3 Å². The van der Waals surface area contributed by atoms with Crippen molar-refractivity contribution in [1.29, 1.82) is 0 Å². The van der Waals surface area contributed by atoms with Crippen LogP contribution >= 0.6 is 11.8 Å². The third-order valence-corrected chi connectivity index (χ3v) is 4.89. The van der Waals surface area contributed by atoms with Gasteiger partial charge in [-0.3, -0.25) is 9.59 Å². The molecule has 8 heteroatoms. The minimum Gasteiger partial charge on any atom is -0.493 e. The Kier molecular flexibility index (Phi) is 5.28. The van der Waals surface area contributed by atoms with Crippen LogP contribution in [0, 0.1) is 0 Å². The van der Waals surface area contributed by atoms with Crippen LogP contribution < -0.4 is 15.2 Å². The quantitative estimate of drug-likeness (QED) is 0.801. The second-order valence-corrected chi connectivity index (χ2v) is 6.68. The van der Waals surface area contributed by atoms with Crippen molar-refractivity contribution in [3.05, 3.63) is 28.7 Å². The van der Waals surface area contributed by atoms with Crippen LogP contribution in [0.1, 0.15) is 18.4 Å². The lowest BCUT2D eigenvalue weighted by Crippen LogP contribution is -2.23. The van der Waals surface area contributed by atoms with Crippen molar-refractivity contribution in [1.82, 2.24) is 4.90 Å². The number of nitrogens with zero attached hydrogens (tertiary/aromatic N) is 2. The molecule has 1 saturated heterocycles. The fourth-order valence-electron chi connectivity index (χ4n) is 2.64. The largest absolute Gasteiger partial charge is 0.493 e. The smallest absolute Gasteiger partial charge is 0.286 e. The summed E-state index contributed by atoms with van der Waals surface area (Å²) in [6, 6.07) is 5.21. The number of benzene rings is 1. The molecule has 7 nitrogen and oxygen atoms in total. The number of nitrogens with two attached hydrogens (primary N) is 1. The van der Waals surface area contributed by atoms with Gasteiger partial charge in [-0.05, 0) is 48.4 Å². The first kappa shape index (κ1) is 17.3. The first-order chi connectivity index (χ1) is 12.1. The number of methoxy groups -OCH3 is 1. The van der Waals surface area contributed by atoms with Gasteiger partial charge in [-0.2, -0.15) is 4.99 Å². The average Bonchev–Trinajstić information content (AvgIpc) is 3.24. The molecule has 1 fully saturated rings. The monoisotopic (exact) mass is 361 g/mol. The summed E-state index contributed by atoms with van der Waals surface area (Å²) in [5.74, 6) is 0.0994. The van der Waals surface area contributed by atoms with Gasteiger partial charge < -0.3 is 20.1 Å². The maximum absolute atomic E-state index is 12.1. The summed E-state index contributed by atoms with van der Waals surface area (Å²) in [5, 5.41) is 0.780. The van der Waals surface area contributed by atoms with Crippen LogP contribution in [-0.4, -0.2) is 48.7 Å². The summed E-state index contributed by atoms with van der Waals surface area (Å²) in [6.07, 6.45) is 4.05. The van der Waals surface area contributed by atoms with E-state index < -0.39 is 5.91 Å². The predicted octanol–water partition coefficient (Wildman–Crippen LogP) is 1.63. The Balaban J connectivity index is 1.75. The molecule has 25 heavy (non-hydrogen) atoms. The number of hydrogen-bond acceptors (Lipinski definition) is 6. The molecule has 0 saturated carbocycles. The minimum absolute atomic E-state index is 0.222. The number of amides is 2. The third kappa shape index (κ3) is 4.14. The van der Waals surface area contributed by atoms with E-state index in [0.717, 1.165) is 36.7 Å². The van der Waals surface area contributed by atoms with E-state index in [9.17, 15) is 9.59 Å². The zero-order valence-electron chi connectivity index (χ0n) is 13.9. The number of amidine groups is 1. The zero-order valence-corrected chi connectivity index (χ0v) is 14.7. The van der Waals surface area contributed by atoms with Crippen molar-refractivity contribution < 1.29 is 19.1 Å². The summed E-state index contributed by atoms with van der Waals surface area (Å²) >= 11 is 1.40. The van der Waals surface area contributed by atoms with Gasteiger partial charge in [-0.1, -0.05) is 6.07 Å². The molecule has 1 aromatic carbocycles. The summed E-state index contributed by atoms with van der Waals surface area (Å²) in [5.41, 5.74) is 5.87. The third-order valence-electron chi connectivity index (χ3n) is 3.84. The topological polar surface area (TPSA) is 94.2 Å². The lowest BCUT2D eigenvalue weighted by Gasteiger charge is -2.14. The van der Waals surface area contributed by atoms with Gasteiger partial charge in [0.2, 0.25) is 0 Å². The molecule has 0 bridgehead atoms. The highest BCUT2D eigenvalue weighted by Crippen LogP contribution is 2.34. The normalized spacial score (nSPS) is 18.6. The van der Waals surface area contributed by atoms with Crippen molar-refractivity contribution in [2.45, 2.75) is 12.8 Å². The van der Waals surface area contributed by atoms with Crippen molar-refractivity contribution >= 4 is 34.8 Å². The average molecular weight is 361 g/mol. The molecule has 0 unspecified atom stereocenters. The first-order valence-corrected chi connectivity index (χ1v) is 8.75. The molecular formula is C17H19N3O4S. The molecule has 0 atom stereocenters. The number of rotatable bonds is 5. The standard InChI is InChI=1S/C17H19N3O4S/c1-23-13-8-11(4-5-12(13)24-10-15(18)21)9-14-16(22)19-17(25-14)20-6-2-3-7-20/h4-5,8-9H,2-3,6-7,10H2,1H3,(H2,18,21)/b14-9-. The summed E-state index contributed by atoms with van der Waals surface area (Å²) < 4.78 is 10.6. The van der Waals surface area contributed by atoms with Crippen LogP contribution in [0.25, 0.3) is 6.08 Å². The van der Waals surface area contributed by atoms with E-state index in [-0.39, 0.29) is 12.5 Å². The van der Waals surface area contributed by atoms with Gasteiger partial charge in [0.1, 0.15) is 0 Å². The molecular weight excluding hydrogens is 342 g/mol. The van der Waals surface area contributed by atoms with Crippen molar-refractivity contribution in [3.8, 4) is 11.5 Å². The van der Waals surface area contributed by atoms with Crippen LogP contribution in [-0.2, 0) is 9.59 Å². The molecule has 2 N–H and O–H groups in total. The van der Waals surface area contributed by atoms with Gasteiger partial charge in [0, 0.05) is 13.1 Å². The number of aliphatic imine (C=N–C) groups is 1. The molecule has 0 radical (unpaired) electrons. The number of ether oxygens (including phenoxy) is 2. The van der Waals surface area contributed by atoms with Crippen LogP contribution in [0.3, 0.4) is 0 Å². The Morgan fingerprint density at radius 1 is 1.36 bits per heavy atom. The molecule has 0 aromatic heterocycles. The fraction of sp³-hybridized carbons (Fsp3) is 0.353. The van der Waals surface area contributed by atoms with Gasteiger partial charge in [-0.25, -0.2) is 0 Å². The van der Waals surface area contributed by atoms with Crippen LogP contribution in [0.4, 0.5) is 0 Å². The summed E-state index contributed by atoms with van der Waals surface area (Å²) in [7, 11) is 1.51. The number of carbonyl (C=O) groups excluding carboxylic acids is 2. The fourth-order valence-corrected chi connectivity index (χ4v) is 3.60. The number of likely N-dealkylation sites (tertiary alicyclic amines) is 1. The Labute approximate surface area is 149 Å². The van der Waals surface area contributed by atoms with E-state index >= 15 is 0 Å². The van der Waals surface area contributed by atoms with E-state index in [1.807, 2.05) is 0 Å². The molecule has 0 aliphatic carbocycles. The van der Waals surface area contributed by atoms with Crippen molar-refractivity contribution in [3.63, 3.8) is 0 Å². The lowest BCUT2D eigenvalue weighted by atomic mass is 10.2. The highest BCUT2D eigenvalue weighted by molar-refractivity contribution is 8.18. The Morgan fingerprint density at radius 3 is 2.80 bits per heavy atom. The molecule has 132 valence electrons. The predicted molar refractivity (Wildman–Crippen MR) is 96.5 cm³/mol. The van der Waals surface area contributed by atoms with Crippen LogP contribution in [0.5, 0.6) is 11.5 Å². The van der Waals surface area contributed by atoms with Gasteiger partial charge in [-0.15, -0.1) is 0 Å². The Hall–Kier alpha value is -2.48. The molecule has 2 aliphatic rings. The van der Waals surface area contributed by atoms with Gasteiger partial charge in [0.05, 0.1) is 12.0 Å².